The Labute approximate surface area is 273 Å². The summed E-state index contributed by atoms with van der Waals surface area (Å²) in [5.74, 6) is -1.66. The topological polar surface area (TPSA) is 9.86 Å². The molecule has 48 heavy (non-hydrogen) atoms. The minimum absolute atomic E-state index is 0.120. The van der Waals surface area contributed by atoms with Crippen LogP contribution in [0, 0.1) is 39.3 Å². The van der Waals surface area contributed by atoms with Crippen molar-refractivity contribution in [3.63, 3.8) is 0 Å². The molecule has 2 aromatic heterocycles. The highest BCUT2D eigenvalue weighted by molar-refractivity contribution is 6.12. The summed E-state index contributed by atoms with van der Waals surface area (Å²) >= 11 is 0. The molecule has 0 spiro atoms. The maximum atomic E-state index is 15.1. The fraction of sp³-hybridized carbons (Fsp3) is 0.122. The molecule has 0 aliphatic heterocycles. The van der Waals surface area contributed by atoms with Crippen molar-refractivity contribution < 1.29 is 22.0 Å². The number of hydrogen-bond donors (Lipinski definition) is 0. The molecule has 238 valence electrons. The van der Waals surface area contributed by atoms with Crippen LogP contribution >= 0.6 is 0 Å². The van der Waals surface area contributed by atoms with Crippen molar-refractivity contribution in [2.75, 3.05) is 0 Å². The Morgan fingerprint density at radius 3 is 1.08 bits per heavy atom. The van der Waals surface area contributed by atoms with Gasteiger partial charge in [-0.3, -0.25) is 0 Å². The van der Waals surface area contributed by atoms with Crippen LogP contribution in [0.2, 0.25) is 0 Å². The highest BCUT2D eigenvalue weighted by atomic mass is 19.4. The van der Waals surface area contributed by atoms with Crippen molar-refractivity contribution in [1.29, 1.82) is 0 Å². The molecule has 0 amide bonds. The lowest BCUT2D eigenvalue weighted by atomic mass is 9.97. The third-order valence-electron chi connectivity index (χ3n) is 9.21. The van der Waals surface area contributed by atoms with Gasteiger partial charge in [0.2, 0.25) is 0 Å². The summed E-state index contributed by atoms with van der Waals surface area (Å²) in [6.07, 6.45) is -4.73. The lowest BCUT2D eigenvalue weighted by molar-refractivity contribution is -0.137. The predicted molar refractivity (Wildman–Crippen MR) is 184 cm³/mol. The van der Waals surface area contributed by atoms with Crippen molar-refractivity contribution in [1.82, 2.24) is 9.13 Å². The molecule has 0 fully saturated rings. The van der Waals surface area contributed by atoms with E-state index in [1.807, 2.05) is 100 Å². The zero-order chi connectivity index (χ0) is 33.6. The van der Waals surface area contributed by atoms with Crippen LogP contribution in [0.5, 0.6) is 0 Å². The van der Waals surface area contributed by atoms with E-state index in [1.165, 1.54) is 12.1 Å². The van der Waals surface area contributed by atoms with Crippen LogP contribution in [0.15, 0.2) is 103 Å². The van der Waals surface area contributed by atoms with E-state index in [1.54, 1.807) is 9.13 Å². The van der Waals surface area contributed by atoms with E-state index in [4.69, 9.17) is 0 Å². The number of hydrogen-bond acceptors (Lipinski definition) is 0. The number of aromatic nitrogens is 2. The first-order valence-electron chi connectivity index (χ1n) is 15.6. The first kappa shape index (κ1) is 29.9. The summed E-state index contributed by atoms with van der Waals surface area (Å²) in [4.78, 5) is 0. The molecule has 7 heteroatoms. The first-order chi connectivity index (χ1) is 22.9. The van der Waals surface area contributed by atoms with Crippen molar-refractivity contribution in [3.05, 3.63) is 143 Å². The minimum atomic E-state index is -4.73. The predicted octanol–water partition coefficient (Wildman–Crippen LogP) is 12.1. The van der Waals surface area contributed by atoms with Crippen molar-refractivity contribution in [2.45, 2.75) is 33.9 Å². The van der Waals surface area contributed by atoms with Crippen LogP contribution in [0.25, 0.3) is 66.1 Å². The molecule has 8 rings (SSSR count). The van der Waals surface area contributed by atoms with Gasteiger partial charge in [0.15, 0.2) is 0 Å². The number of halogens is 5. The molecule has 6 aromatic carbocycles. The second-order valence-electron chi connectivity index (χ2n) is 12.8. The summed E-state index contributed by atoms with van der Waals surface area (Å²) in [5, 5.41) is 3.47. The maximum Gasteiger partial charge on any atom is 0.416 e. The average molecular weight is 645 g/mol. The van der Waals surface area contributed by atoms with Gasteiger partial charge in [-0.1, -0.05) is 46.5 Å². The summed E-state index contributed by atoms with van der Waals surface area (Å²) in [6, 6.07) is 28.6. The van der Waals surface area contributed by atoms with E-state index in [2.05, 4.69) is 0 Å². The van der Waals surface area contributed by atoms with Gasteiger partial charge in [-0.05, 0) is 106 Å². The Morgan fingerprint density at radius 2 is 0.771 bits per heavy atom. The normalized spacial score (nSPS) is 12.3. The standard InChI is InChI=1S/C41H29F5N2/c1-22-5-9-34-30(13-22)31-14-23(2)6-10-35(31)47(34)38-19-27(41(44,45)46)20-39(40(38)26-17-28(42)21-29(43)18-26)48-36-11-7-24(3)15-32(36)33-16-25(4)8-12-37(33)48/h5-21H,1-4H3. The van der Waals surface area contributed by atoms with Crippen molar-refractivity contribution in [3.8, 4) is 22.5 Å². The smallest absolute Gasteiger partial charge is 0.309 e. The number of rotatable bonds is 3. The molecule has 0 bridgehead atoms. The molecule has 0 unspecified atom stereocenters. The Bertz CT molecular complexity index is 2330. The molecule has 0 radical (unpaired) electrons. The van der Waals surface area contributed by atoms with Gasteiger partial charge in [0.1, 0.15) is 11.6 Å². The van der Waals surface area contributed by atoms with Crippen molar-refractivity contribution >= 4 is 43.6 Å². The molecule has 0 N–H and O–H groups in total. The van der Waals surface area contributed by atoms with E-state index in [-0.39, 0.29) is 22.5 Å². The second kappa shape index (κ2) is 10.5. The average Bonchev–Trinajstić information content (AvgIpc) is 3.50. The van der Waals surface area contributed by atoms with E-state index < -0.39 is 23.4 Å². The highest BCUT2D eigenvalue weighted by Crippen LogP contribution is 2.45. The van der Waals surface area contributed by atoms with Gasteiger partial charge in [0, 0.05) is 33.2 Å². The Morgan fingerprint density at radius 1 is 0.438 bits per heavy atom. The quantitative estimate of drug-likeness (QED) is 0.169. The van der Waals surface area contributed by atoms with E-state index in [0.29, 0.717) is 22.1 Å². The summed E-state index contributed by atoms with van der Waals surface area (Å²) in [7, 11) is 0. The Hall–Kier alpha value is -5.43. The second-order valence-corrected chi connectivity index (χ2v) is 12.8. The van der Waals surface area contributed by atoms with Gasteiger partial charge in [-0.2, -0.15) is 13.2 Å². The van der Waals surface area contributed by atoms with Gasteiger partial charge in [-0.25, -0.2) is 8.78 Å². The fourth-order valence-corrected chi connectivity index (χ4v) is 7.14. The summed E-state index contributed by atoms with van der Waals surface area (Å²) in [6.45, 7) is 7.86. The SMILES string of the molecule is Cc1ccc2c(c1)c1cc(C)ccc1n2-c1cc(C(F)(F)F)cc(-n2c3ccc(C)cc3c3cc(C)ccc32)c1-c1cc(F)cc(F)c1. The lowest BCUT2D eigenvalue weighted by Gasteiger charge is -2.23. The highest BCUT2D eigenvalue weighted by Gasteiger charge is 2.34. The molecule has 0 aliphatic rings. The number of fused-ring (bicyclic) bond motifs is 6. The van der Waals surface area contributed by atoms with Gasteiger partial charge in [0.25, 0.3) is 0 Å². The van der Waals surface area contributed by atoms with Gasteiger partial charge in [0.05, 0.1) is 39.0 Å². The van der Waals surface area contributed by atoms with E-state index >= 15 is 22.0 Å². The van der Waals surface area contributed by atoms with Crippen LogP contribution in [0.4, 0.5) is 22.0 Å². The zero-order valence-electron chi connectivity index (χ0n) is 26.6. The van der Waals surface area contributed by atoms with Crippen LogP contribution in [-0.4, -0.2) is 9.13 Å². The molecule has 8 aromatic rings. The van der Waals surface area contributed by atoms with Crippen LogP contribution in [0.1, 0.15) is 27.8 Å². The van der Waals surface area contributed by atoms with Gasteiger partial charge >= 0.3 is 6.18 Å². The molecular formula is C41H29F5N2. The Balaban J connectivity index is 1.64. The molecule has 2 nitrogen and oxygen atoms in total. The number of aryl methyl sites for hydroxylation is 4. The fourth-order valence-electron chi connectivity index (χ4n) is 7.14. The van der Waals surface area contributed by atoms with Gasteiger partial charge < -0.3 is 9.13 Å². The Kier molecular flexibility index (Phi) is 6.57. The number of alkyl halides is 3. The number of benzene rings is 6. The minimum Gasteiger partial charge on any atom is -0.309 e. The largest absolute Gasteiger partial charge is 0.416 e. The summed E-state index contributed by atoms with van der Waals surface area (Å²) in [5.41, 5.74) is 6.53. The van der Waals surface area contributed by atoms with E-state index in [9.17, 15) is 0 Å². The van der Waals surface area contributed by atoms with Gasteiger partial charge in [-0.15, -0.1) is 0 Å². The van der Waals surface area contributed by atoms with E-state index in [0.717, 1.165) is 62.0 Å². The number of nitrogens with zero attached hydrogens (tertiary/aromatic N) is 2. The third kappa shape index (κ3) is 4.67. The molecule has 0 atom stereocenters. The third-order valence-corrected chi connectivity index (χ3v) is 9.21. The lowest BCUT2D eigenvalue weighted by Crippen LogP contribution is -2.11. The molecule has 0 saturated carbocycles. The maximum absolute atomic E-state index is 15.1. The van der Waals surface area contributed by atoms with Crippen LogP contribution < -0.4 is 0 Å². The molecule has 2 heterocycles. The van der Waals surface area contributed by atoms with Crippen LogP contribution in [-0.2, 0) is 6.18 Å². The zero-order valence-corrected chi connectivity index (χ0v) is 26.6. The van der Waals surface area contributed by atoms with Crippen LogP contribution in [0.3, 0.4) is 0 Å². The molecule has 0 saturated heterocycles. The molecular weight excluding hydrogens is 615 g/mol. The van der Waals surface area contributed by atoms with Crippen molar-refractivity contribution in [2.24, 2.45) is 0 Å². The summed E-state index contributed by atoms with van der Waals surface area (Å²) < 4.78 is 78.8. The first-order valence-corrected chi connectivity index (χ1v) is 15.6. The molecule has 0 aliphatic carbocycles. The monoisotopic (exact) mass is 644 g/mol.